The first-order valence-corrected chi connectivity index (χ1v) is 7.84. The average molecular weight is 316 g/mol. The van der Waals surface area contributed by atoms with E-state index in [0.29, 0.717) is 11.2 Å². The molecule has 0 aliphatic carbocycles. The number of ether oxygens (including phenoxy) is 1. The topological polar surface area (TPSA) is 61.8 Å². The lowest BCUT2D eigenvalue weighted by atomic mass is 9.78. The predicted molar refractivity (Wildman–Crippen MR) is 77.0 cm³/mol. The lowest BCUT2D eigenvalue weighted by molar-refractivity contribution is 0.00578. The van der Waals surface area contributed by atoms with E-state index < -0.39 is 33.4 Å². The Morgan fingerprint density at radius 3 is 2.10 bits per heavy atom. The van der Waals surface area contributed by atoms with Crippen molar-refractivity contribution in [3.8, 4) is 5.75 Å². The van der Waals surface area contributed by atoms with Crippen LogP contribution >= 0.6 is 0 Å². The molecular weight excluding hydrogens is 298 g/mol. The molecule has 0 amide bonds. The highest BCUT2D eigenvalue weighted by molar-refractivity contribution is 7.86. The zero-order chi connectivity index (χ0) is 16.1. The number of hydrogen-bond acceptors (Lipinski definition) is 5. The fourth-order valence-electron chi connectivity index (χ4n) is 2.02. The summed E-state index contributed by atoms with van der Waals surface area (Å²) in [4.78, 5) is -0.451. The van der Waals surface area contributed by atoms with Gasteiger partial charge in [0.1, 0.15) is 5.75 Å². The van der Waals surface area contributed by atoms with E-state index >= 15 is 0 Å². The van der Waals surface area contributed by atoms with Gasteiger partial charge in [-0.3, -0.25) is 0 Å². The smallest absolute Gasteiger partial charge is 0.497 e. The first kappa shape index (κ1) is 16.3. The summed E-state index contributed by atoms with van der Waals surface area (Å²) < 4.78 is 52.2. The molecule has 0 saturated carbocycles. The van der Waals surface area contributed by atoms with Gasteiger partial charge in [0.2, 0.25) is 0 Å². The molecule has 1 aromatic carbocycles. The highest BCUT2D eigenvalue weighted by Crippen LogP contribution is 2.37. The lowest BCUT2D eigenvalue weighted by Gasteiger charge is -2.32. The van der Waals surface area contributed by atoms with Crippen LogP contribution in [0.4, 0.5) is 3.89 Å². The molecule has 1 aromatic rings. The van der Waals surface area contributed by atoms with Gasteiger partial charge >= 0.3 is 17.3 Å². The van der Waals surface area contributed by atoms with Gasteiger partial charge in [-0.05, 0) is 45.9 Å². The van der Waals surface area contributed by atoms with Crippen LogP contribution in [0.2, 0.25) is 0 Å². The number of benzene rings is 1. The first-order valence-electron chi connectivity index (χ1n) is 6.46. The monoisotopic (exact) mass is 316 g/mol. The quantitative estimate of drug-likeness (QED) is 0.627. The fraction of sp³-hybridized carbons (Fsp3) is 0.538. The van der Waals surface area contributed by atoms with Gasteiger partial charge in [0.05, 0.1) is 23.2 Å². The summed E-state index contributed by atoms with van der Waals surface area (Å²) in [6, 6.07) is 3.70. The summed E-state index contributed by atoms with van der Waals surface area (Å²) in [6.07, 6.45) is 0. The van der Waals surface area contributed by atoms with E-state index in [9.17, 15) is 12.3 Å². The van der Waals surface area contributed by atoms with Crippen molar-refractivity contribution >= 4 is 22.8 Å². The van der Waals surface area contributed by atoms with E-state index in [-0.39, 0.29) is 0 Å². The van der Waals surface area contributed by atoms with Gasteiger partial charge in [0.25, 0.3) is 0 Å². The molecule has 0 spiro atoms. The second-order valence-corrected chi connectivity index (χ2v) is 7.28. The van der Waals surface area contributed by atoms with Crippen LogP contribution in [0.25, 0.3) is 0 Å². The van der Waals surface area contributed by atoms with Crippen molar-refractivity contribution < 1.29 is 26.3 Å². The predicted octanol–water partition coefficient (Wildman–Crippen LogP) is 1.65. The molecule has 1 aliphatic rings. The average Bonchev–Trinajstić information content (AvgIpc) is 2.56. The molecular formula is C13H18BFO5S. The number of rotatable bonds is 3. The van der Waals surface area contributed by atoms with Crippen LogP contribution in [0.15, 0.2) is 23.1 Å². The molecule has 0 unspecified atom stereocenters. The van der Waals surface area contributed by atoms with E-state index in [4.69, 9.17) is 14.0 Å². The Morgan fingerprint density at radius 2 is 1.67 bits per heavy atom. The molecule has 1 saturated heterocycles. The Kier molecular flexibility index (Phi) is 3.84. The zero-order valence-corrected chi connectivity index (χ0v) is 13.5. The molecule has 21 heavy (non-hydrogen) atoms. The highest BCUT2D eigenvalue weighted by Gasteiger charge is 2.52. The molecule has 0 bridgehead atoms. The Morgan fingerprint density at radius 1 is 1.14 bits per heavy atom. The van der Waals surface area contributed by atoms with Crippen LogP contribution in [0.3, 0.4) is 0 Å². The summed E-state index contributed by atoms with van der Waals surface area (Å²) in [5.74, 6) is 0.376. The zero-order valence-electron chi connectivity index (χ0n) is 12.6. The molecule has 0 atom stereocenters. The van der Waals surface area contributed by atoms with Crippen LogP contribution < -0.4 is 10.2 Å². The maximum absolute atomic E-state index is 13.2. The number of hydrogen-bond donors (Lipinski definition) is 0. The molecule has 0 aromatic heterocycles. The van der Waals surface area contributed by atoms with E-state index in [1.165, 1.54) is 19.2 Å². The van der Waals surface area contributed by atoms with Gasteiger partial charge in [-0.1, -0.05) is 0 Å². The maximum atomic E-state index is 13.2. The van der Waals surface area contributed by atoms with Crippen LogP contribution in [-0.4, -0.2) is 33.8 Å². The van der Waals surface area contributed by atoms with Crippen LogP contribution in [0, 0.1) is 0 Å². The maximum Gasteiger partial charge on any atom is 0.498 e. The van der Waals surface area contributed by atoms with Crippen molar-refractivity contribution in [2.75, 3.05) is 7.11 Å². The van der Waals surface area contributed by atoms with Crippen molar-refractivity contribution in [3.05, 3.63) is 18.2 Å². The minimum absolute atomic E-state index is 0.342. The molecule has 5 nitrogen and oxygen atoms in total. The summed E-state index contributed by atoms with van der Waals surface area (Å²) in [5.41, 5.74) is -0.838. The molecule has 0 radical (unpaired) electrons. The molecule has 0 N–H and O–H groups in total. The Labute approximate surface area is 124 Å². The minimum Gasteiger partial charge on any atom is -0.497 e. The van der Waals surface area contributed by atoms with Crippen molar-refractivity contribution in [3.63, 3.8) is 0 Å². The first-order chi connectivity index (χ1) is 9.48. The number of halogens is 1. The van der Waals surface area contributed by atoms with Crippen LogP contribution in [0.5, 0.6) is 5.75 Å². The molecule has 116 valence electrons. The molecule has 1 heterocycles. The standard InChI is InChI=1S/C13H18BFO5S/c1-12(2)13(3,4)20-14(19-12)10-8-9(21(15,16)17)6-7-11(10)18-5/h6-8H,1-5H3. The summed E-state index contributed by atoms with van der Waals surface area (Å²) in [5, 5.41) is 0. The molecule has 8 heteroatoms. The third-order valence-corrected chi connectivity index (χ3v) is 4.81. The molecule has 2 rings (SSSR count). The van der Waals surface area contributed by atoms with Gasteiger partial charge in [-0.2, -0.15) is 8.42 Å². The summed E-state index contributed by atoms with van der Waals surface area (Å²) >= 11 is 0. The van der Waals surface area contributed by atoms with Gasteiger partial charge in [-0.25, -0.2) is 0 Å². The third-order valence-electron chi connectivity index (χ3n) is 3.99. The van der Waals surface area contributed by atoms with Gasteiger partial charge in [0.15, 0.2) is 0 Å². The molecule has 1 fully saturated rings. The van der Waals surface area contributed by atoms with Crippen molar-refractivity contribution in [2.24, 2.45) is 0 Å². The second kappa shape index (κ2) is 4.96. The Hall–Kier alpha value is -1.12. The van der Waals surface area contributed by atoms with E-state index in [1.54, 1.807) is 0 Å². The van der Waals surface area contributed by atoms with E-state index in [2.05, 4.69) is 0 Å². The van der Waals surface area contributed by atoms with Crippen molar-refractivity contribution in [2.45, 2.75) is 43.8 Å². The normalized spacial score (nSPS) is 20.6. The van der Waals surface area contributed by atoms with Gasteiger partial charge in [0, 0.05) is 5.46 Å². The minimum atomic E-state index is -4.80. The summed E-state index contributed by atoms with van der Waals surface area (Å²) in [6.45, 7) is 7.48. The number of methoxy groups -OCH3 is 1. The molecule has 1 aliphatic heterocycles. The van der Waals surface area contributed by atoms with Crippen LogP contribution in [0.1, 0.15) is 27.7 Å². The second-order valence-electron chi connectivity index (χ2n) is 5.93. The van der Waals surface area contributed by atoms with E-state index in [0.717, 1.165) is 6.07 Å². The SMILES string of the molecule is COc1ccc(S(=O)(=O)F)cc1B1OC(C)(C)C(C)(C)O1. The largest absolute Gasteiger partial charge is 0.498 e. The van der Waals surface area contributed by atoms with Crippen LogP contribution in [-0.2, 0) is 19.5 Å². The Balaban J connectivity index is 2.49. The van der Waals surface area contributed by atoms with Gasteiger partial charge < -0.3 is 14.0 Å². The van der Waals surface area contributed by atoms with Gasteiger partial charge in [-0.15, -0.1) is 3.89 Å². The van der Waals surface area contributed by atoms with E-state index in [1.807, 2.05) is 27.7 Å². The highest BCUT2D eigenvalue weighted by atomic mass is 32.3. The third kappa shape index (κ3) is 2.93. The fourth-order valence-corrected chi connectivity index (χ4v) is 2.52. The Bertz CT molecular complexity index is 641. The van der Waals surface area contributed by atoms with Crippen molar-refractivity contribution in [1.82, 2.24) is 0 Å². The lowest BCUT2D eigenvalue weighted by Crippen LogP contribution is -2.41. The van der Waals surface area contributed by atoms with Crippen molar-refractivity contribution in [1.29, 1.82) is 0 Å². The summed E-state index contributed by atoms with van der Waals surface area (Å²) in [7, 11) is -4.19.